The molecule has 0 saturated heterocycles. The van der Waals surface area contributed by atoms with Crippen molar-refractivity contribution < 1.29 is 8.42 Å². The van der Waals surface area contributed by atoms with E-state index in [0.29, 0.717) is 6.54 Å². The molecular formula is C14H23ClN2O2S. The lowest BCUT2D eigenvalue weighted by molar-refractivity contribution is 0.517. The maximum atomic E-state index is 12.0. The van der Waals surface area contributed by atoms with E-state index < -0.39 is 10.0 Å². The Bertz CT molecular complexity index is 504. The fourth-order valence-electron chi connectivity index (χ4n) is 1.87. The molecule has 0 aliphatic rings. The summed E-state index contributed by atoms with van der Waals surface area (Å²) in [4.78, 5) is 3.94. The van der Waals surface area contributed by atoms with Crippen molar-refractivity contribution in [1.82, 2.24) is 9.71 Å². The molecule has 0 fully saturated rings. The standard InChI is InChI=1S/C14H23ClN2O2S/c1-12(2)7-5-3-4-6-9-17-20(18,19)13-8-10-16-14(15)11-13/h8,10-12,17H,3-7,9H2,1-2H3. The second-order valence-electron chi connectivity index (χ2n) is 5.31. The number of nitrogens with zero attached hydrogens (tertiary/aromatic N) is 1. The quantitative estimate of drug-likeness (QED) is 0.559. The Hall–Kier alpha value is -0.650. The molecule has 1 N–H and O–H groups in total. The van der Waals surface area contributed by atoms with Gasteiger partial charge in [-0.1, -0.05) is 51.1 Å². The molecule has 6 heteroatoms. The van der Waals surface area contributed by atoms with Crippen molar-refractivity contribution in [3.05, 3.63) is 23.5 Å². The van der Waals surface area contributed by atoms with Crippen LogP contribution in [0.4, 0.5) is 0 Å². The first-order valence-corrected chi connectivity index (χ1v) is 8.89. The van der Waals surface area contributed by atoms with Crippen LogP contribution in [0.5, 0.6) is 0 Å². The Kier molecular flexibility index (Phi) is 7.48. The molecule has 0 unspecified atom stereocenters. The molecule has 1 heterocycles. The second-order valence-corrected chi connectivity index (χ2v) is 7.46. The van der Waals surface area contributed by atoms with Gasteiger partial charge in [0, 0.05) is 12.7 Å². The van der Waals surface area contributed by atoms with E-state index in [2.05, 4.69) is 23.6 Å². The second kappa shape index (κ2) is 8.60. The third kappa shape index (κ3) is 6.68. The number of rotatable bonds is 9. The zero-order chi connectivity index (χ0) is 15.0. The molecule has 0 atom stereocenters. The first kappa shape index (κ1) is 17.4. The Balaban J connectivity index is 2.27. The van der Waals surface area contributed by atoms with Crippen LogP contribution >= 0.6 is 11.6 Å². The molecule has 0 aliphatic heterocycles. The summed E-state index contributed by atoms with van der Waals surface area (Å²) in [5.41, 5.74) is 0. The lowest BCUT2D eigenvalue weighted by Crippen LogP contribution is -2.24. The summed E-state index contributed by atoms with van der Waals surface area (Å²) in [5.74, 6) is 0.741. The molecular weight excluding hydrogens is 296 g/mol. The van der Waals surface area contributed by atoms with Crippen LogP contribution in [0.25, 0.3) is 0 Å². The van der Waals surface area contributed by atoms with Crippen LogP contribution in [0.15, 0.2) is 23.2 Å². The largest absolute Gasteiger partial charge is 0.244 e. The summed E-state index contributed by atoms with van der Waals surface area (Å²) in [5, 5.41) is 0.182. The number of halogens is 1. The third-order valence-corrected chi connectivity index (χ3v) is 4.67. The molecule has 114 valence electrons. The molecule has 1 rings (SSSR count). The number of aromatic nitrogens is 1. The van der Waals surface area contributed by atoms with Crippen LogP contribution < -0.4 is 4.72 Å². The first-order valence-electron chi connectivity index (χ1n) is 7.03. The Morgan fingerprint density at radius 3 is 2.60 bits per heavy atom. The summed E-state index contributed by atoms with van der Waals surface area (Å²) < 4.78 is 26.5. The average molecular weight is 319 g/mol. The van der Waals surface area contributed by atoms with Crippen LogP contribution in [0.1, 0.15) is 46.0 Å². The lowest BCUT2D eigenvalue weighted by atomic mass is 10.0. The molecule has 1 aromatic rings. The van der Waals surface area contributed by atoms with Crippen molar-refractivity contribution in [2.24, 2.45) is 5.92 Å². The van der Waals surface area contributed by atoms with Crippen molar-refractivity contribution in [2.45, 2.75) is 50.8 Å². The van der Waals surface area contributed by atoms with E-state index in [1.54, 1.807) is 0 Å². The highest BCUT2D eigenvalue weighted by atomic mass is 35.5. The Morgan fingerprint density at radius 1 is 1.25 bits per heavy atom. The van der Waals surface area contributed by atoms with Gasteiger partial charge in [0.15, 0.2) is 0 Å². The highest BCUT2D eigenvalue weighted by molar-refractivity contribution is 7.89. The molecule has 1 aromatic heterocycles. The van der Waals surface area contributed by atoms with Gasteiger partial charge in [-0.25, -0.2) is 18.1 Å². The first-order chi connectivity index (χ1) is 9.42. The summed E-state index contributed by atoms with van der Waals surface area (Å²) in [6.07, 6.45) is 6.90. The van der Waals surface area contributed by atoms with Gasteiger partial charge in [-0.05, 0) is 24.5 Å². The number of nitrogens with one attached hydrogen (secondary N) is 1. The maximum Gasteiger partial charge on any atom is 0.240 e. The van der Waals surface area contributed by atoms with Gasteiger partial charge in [0.05, 0.1) is 4.90 Å². The minimum absolute atomic E-state index is 0.164. The minimum Gasteiger partial charge on any atom is -0.244 e. The van der Waals surface area contributed by atoms with Crippen LogP contribution in [0.2, 0.25) is 5.15 Å². The SMILES string of the molecule is CC(C)CCCCCCNS(=O)(=O)c1ccnc(Cl)c1. The Morgan fingerprint density at radius 2 is 1.95 bits per heavy atom. The van der Waals surface area contributed by atoms with E-state index >= 15 is 0 Å². The molecule has 0 bridgehead atoms. The molecule has 0 saturated carbocycles. The molecule has 0 aromatic carbocycles. The highest BCUT2D eigenvalue weighted by Crippen LogP contribution is 2.13. The number of hydrogen-bond acceptors (Lipinski definition) is 3. The monoisotopic (exact) mass is 318 g/mol. The van der Waals surface area contributed by atoms with E-state index in [1.807, 2.05) is 0 Å². The molecule has 0 amide bonds. The van der Waals surface area contributed by atoms with Gasteiger partial charge in [0.25, 0.3) is 0 Å². The van der Waals surface area contributed by atoms with Gasteiger partial charge in [-0.15, -0.1) is 0 Å². The van der Waals surface area contributed by atoms with E-state index in [1.165, 1.54) is 31.2 Å². The van der Waals surface area contributed by atoms with Gasteiger partial charge in [-0.2, -0.15) is 0 Å². The van der Waals surface area contributed by atoms with Crippen molar-refractivity contribution in [2.75, 3.05) is 6.54 Å². The smallest absolute Gasteiger partial charge is 0.240 e. The number of sulfonamides is 1. The van der Waals surface area contributed by atoms with Gasteiger partial charge in [-0.3, -0.25) is 0 Å². The fourth-order valence-corrected chi connectivity index (χ4v) is 3.20. The minimum atomic E-state index is -3.46. The van der Waals surface area contributed by atoms with Crippen LogP contribution in [-0.4, -0.2) is 19.9 Å². The average Bonchev–Trinajstić information content (AvgIpc) is 2.37. The summed E-state index contributed by atoms with van der Waals surface area (Å²) >= 11 is 5.69. The summed E-state index contributed by atoms with van der Waals surface area (Å²) in [7, 11) is -3.46. The molecule has 0 aliphatic carbocycles. The van der Waals surface area contributed by atoms with Crippen LogP contribution in [0, 0.1) is 5.92 Å². The summed E-state index contributed by atoms with van der Waals surface area (Å²) in [6, 6.07) is 2.80. The number of pyridine rings is 1. The predicted molar refractivity (Wildman–Crippen MR) is 82.4 cm³/mol. The van der Waals surface area contributed by atoms with Crippen molar-refractivity contribution in [1.29, 1.82) is 0 Å². The van der Waals surface area contributed by atoms with Gasteiger partial charge in [0.1, 0.15) is 5.15 Å². The van der Waals surface area contributed by atoms with Crippen molar-refractivity contribution in [3.63, 3.8) is 0 Å². The van der Waals surface area contributed by atoms with Gasteiger partial charge in [0.2, 0.25) is 10.0 Å². The highest BCUT2D eigenvalue weighted by Gasteiger charge is 2.13. The zero-order valence-electron chi connectivity index (χ0n) is 12.1. The molecule has 4 nitrogen and oxygen atoms in total. The van der Waals surface area contributed by atoms with Crippen LogP contribution in [0.3, 0.4) is 0 Å². The van der Waals surface area contributed by atoms with E-state index in [0.717, 1.165) is 25.2 Å². The Labute approximate surface area is 127 Å². The maximum absolute atomic E-state index is 12.0. The van der Waals surface area contributed by atoms with E-state index in [-0.39, 0.29) is 10.0 Å². The molecule has 20 heavy (non-hydrogen) atoms. The summed E-state index contributed by atoms with van der Waals surface area (Å²) in [6.45, 7) is 4.89. The van der Waals surface area contributed by atoms with Crippen molar-refractivity contribution >= 4 is 21.6 Å². The zero-order valence-corrected chi connectivity index (χ0v) is 13.7. The topological polar surface area (TPSA) is 59.1 Å². The van der Waals surface area contributed by atoms with Gasteiger partial charge >= 0.3 is 0 Å². The normalized spacial score (nSPS) is 12.0. The molecule has 0 radical (unpaired) electrons. The third-order valence-electron chi connectivity index (χ3n) is 3.01. The predicted octanol–water partition coefficient (Wildman–Crippen LogP) is 3.62. The van der Waals surface area contributed by atoms with Crippen molar-refractivity contribution in [3.8, 4) is 0 Å². The lowest BCUT2D eigenvalue weighted by Gasteiger charge is -2.07. The molecule has 0 spiro atoms. The number of hydrogen-bond donors (Lipinski definition) is 1. The van der Waals surface area contributed by atoms with E-state index in [9.17, 15) is 8.42 Å². The van der Waals surface area contributed by atoms with Crippen LogP contribution in [-0.2, 0) is 10.0 Å². The van der Waals surface area contributed by atoms with E-state index in [4.69, 9.17) is 11.6 Å². The van der Waals surface area contributed by atoms with Gasteiger partial charge < -0.3 is 0 Å². The number of unbranched alkanes of at least 4 members (excludes halogenated alkanes) is 3. The fraction of sp³-hybridized carbons (Fsp3) is 0.643.